The number of rotatable bonds is 2. The monoisotopic (exact) mass is 306 g/mol. The van der Waals surface area contributed by atoms with Crippen molar-refractivity contribution in [3.63, 3.8) is 0 Å². The molecule has 0 aromatic heterocycles. The lowest BCUT2D eigenvalue weighted by Crippen LogP contribution is -2.34. The molecule has 0 radical (unpaired) electrons. The average Bonchev–Trinajstić information content (AvgIpc) is 2.97. The van der Waals surface area contributed by atoms with E-state index in [-0.39, 0.29) is 16.2 Å². The molecule has 0 N–H and O–H groups in total. The minimum atomic E-state index is 0.0821. The molecule has 0 amide bonds. The predicted molar refractivity (Wildman–Crippen MR) is 89.2 cm³/mol. The van der Waals surface area contributed by atoms with Gasteiger partial charge in [0, 0.05) is 12.5 Å². The van der Waals surface area contributed by atoms with Crippen LogP contribution in [0.5, 0.6) is 0 Å². The molecule has 2 heteroatoms. The van der Waals surface area contributed by atoms with Crippen LogP contribution in [0.15, 0.2) is 18.2 Å². The van der Waals surface area contributed by atoms with E-state index in [0.717, 1.165) is 19.6 Å². The van der Waals surface area contributed by atoms with Gasteiger partial charge in [0.25, 0.3) is 0 Å². The highest BCUT2D eigenvalue weighted by atomic mass is 35.5. The maximum atomic E-state index is 6.74. The maximum absolute atomic E-state index is 6.74. The minimum Gasteiger partial charge on any atom is -0.381 e. The molecule has 2 aliphatic rings. The molecular weight excluding hydrogens is 280 g/mol. The van der Waals surface area contributed by atoms with E-state index in [0.29, 0.717) is 5.92 Å². The highest BCUT2D eigenvalue weighted by Crippen LogP contribution is 2.47. The van der Waals surface area contributed by atoms with Crippen LogP contribution in [-0.2, 0) is 15.6 Å². The van der Waals surface area contributed by atoms with Crippen LogP contribution in [0.1, 0.15) is 69.0 Å². The lowest BCUT2D eigenvalue weighted by atomic mass is 9.63. The standard InChI is InChI=1S/C19H27ClO/c1-18(2)8-9-19(3,4)16-11-13(5-6-15(16)18)17(20)14-7-10-21-12-14/h5-6,11,14,17H,7-10,12H2,1-4H3. The maximum Gasteiger partial charge on any atom is 0.0636 e. The molecule has 0 bridgehead atoms. The number of halogens is 1. The third-order valence-corrected chi connectivity index (χ3v) is 6.18. The van der Waals surface area contributed by atoms with E-state index in [2.05, 4.69) is 45.9 Å². The van der Waals surface area contributed by atoms with Gasteiger partial charge in [-0.05, 0) is 46.8 Å². The molecule has 3 rings (SSSR count). The molecule has 1 nitrogen and oxygen atoms in total. The lowest BCUT2D eigenvalue weighted by molar-refractivity contribution is 0.185. The van der Waals surface area contributed by atoms with E-state index in [9.17, 15) is 0 Å². The van der Waals surface area contributed by atoms with Crippen LogP contribution in [0.3, 0.4) is 0 Å². The number of hydrogen-bond donors (Lipinski definition) is 0. The van der Waals surface area contributed by atoms with Gasteiger partial charge in [-0.2, -0.15) is 0 Å². The van der Waals surface area contributed by atoms with Gasteiger partial charge in [-0.3, -0.25) is 0 Å². The fourth-order valence-electron chi connectivity index (χ4n) is 3.83. The fraction of sp³-hybridized carbons (Fsp3) is 0.684. The van der Waals surface area contributed by atoms with Gasteiger partial charge >= 0.3 is 0 Å². The molecule has 1 saturated heterocycles. The normalized spacial score (nSPS) is 28.1. The first kappa shape index (κ1) is 15.4. The molecule has 1 aliphatic heterocycles. The minimum absolute atomic E-state index is 0.0821. The summed E-state index contributed by atoms with van der Waals surface area (Å²) >= 11 is 6.74. The molecule has 1 aliphatic carbocycles. The van der Waals surface area contributed by atoms with E-state index < -0.39 is 0 Å². The van der Waals surface area contributed by atoms with Crippen molar-refractivity contribution in [1.29, 1.82) is 0 Å². The van der Waals surface area contributed by atoms with Gasteiger partial charge in [-0.25, -0.2) is 0 Å². The average molecular weight is 307 g/mol. The quantitative estimate of drug-likeness (QED) is 0.669. The third-order valence-electron chi connectivity index (χ3n) is 5.57. The van der Waals surface area contributed by atoms with Gasteiger partial charge in [0.2, 0.25) is 0 Å². The molecule has 2 atom stereocenters. The van der Waals surface area contributed by atoms with Gasteiger partial charge in [-0.15, -0.1) is 11.6 Å². The fourth-order valence-corrected chi connectivity index (χ4v) is 4.17. The highest BCUT2D eigenvalue weighted by molar-refractivity contribution is 6.21. The Labute approximate surface area is 134 Å². The van der Waals surface area contributed by atoms with Crippen molar-refractivity contribution in [2.45, 2.75) is 63.2 Å². The van der Waals surface area contributed by atoms with Gasteiger partial charge < -0.3 is 4.74 Å². The first-order valence-electron chi connectivity index (χ1n) is 8.18. The van der Waals surface area contributed by atoms with E-state index in [4.69, 9.17) is 16.3 Å². The zero-order valence-corrected chi connectivity index (χ0v) is 14.5. The summed E-state index contributed by atoms with van der Waals surface area (Å²) < 4.78 is 5.50. The van der Waals surface area contributed by atoms with E-state index in [1.165, 1.54) is 29.5 Å². The molecule has 1 heterocycles. The van der Waals surface area contributed by atoms with E-state index in [1.54, 1.807) is 0 Å². The Hall–Kier alpha value is -0.530. The highest BCUT2D eigenvalue weighted by Gasteiger charge is 2.37. The number of benzene rings is 1. The van der Waals surface area contributed by atoms with Crippen molar-refractivity contribution in [2.75, 3.05) is 13.2 Å². The Balaban J connectivity index is 1.99. The summed E-state index contributed by atoms with van der Waals surface area (Å²) in [4.78, 5) is 0. The molecule has 0 spiro atoms. The number of fused-ring (bicyclic) bond motifs is 1. The van der Waals surface area contributed by atoms with Crippen LogP contribution in [0.25, 0.3) is 0 Å². The summed E-state index contributed by atoms with van der Waals surface area (Å²) in [5, 5.41) is 0.0821. The van der Waals surface area contributed by atoms with E-state index in [1.807, 2.05) is 0 Å². The summed E-state index contributed by atoms with van der Waals surface area (Å²) in [6.45, 7) is 11.1. The van der Waals surface area contributed by atoms with Crippen molar-refractivity contribution in [1.82, 2.24) is 0 Å². The third kappa shape index (κ3) is 2.75. The smallest absolute Gasteiger partial charge is 0.0636 e. The van der Waals surface area contributed by atoms with E-state index >= 15 is 0 Å². The molecule has 1 fully saturated rings. The second-order valence-corrected chi connectivity index (χ2v) is 8.57. The second kappa shape index (κ2) is 5.28. The summed E-state index contributed by atoms with van der Waals surface area (Å²) in [6, 6.07) is 6.96. The lowest BCUT2D eigenvalue weighted by Gasteiger charge is -2.42. The first-order valence-corrected chi connectivity index (χ1v) is 8.62. The van der Waals surface area contributed by atoms with Crippen molar-refractivity contribution < 1.29 is 4.74 Å². The number of hydrogen-bond acceptors (Lipinski definition) is 1. The summed E-state index contributed by atoms with van der Waals surface area (Å²) in [5.74, 6) is 0.462. The number of alkyl halides is 1. The Bertz CT molecular complexity index is 526. The van der Waals surface area contributed by atoms with Crippen molar-refractivity contribution >= 4 is 11.6 Å². The Morgan fingerprint density at radius 3 is 2.38 bits per heavy atom. The number of ether oxygens (including phenoxy) is 1. The van der Waals surface area contributed by atoms with Gasteiger partial charge in [0.05, 0.1) is 12.0 Å². The Kier molecular flexibility index (Phi) is 3.86. The first-order chi connectivity index (χ1) is 9.81. The second-order valence-electron chi connectivity index (χ2n) is 8.10. The van der Waals surface area contributed by atoms with Crippen LogP contribution in [0.2, 0.25) is 0 Å². The Morgan fingerprint density at radius 2 is 1.76 bits per heavy atom. The largest absolute Gasteiger partial charge is 0.381 e. The van der Waals surface area contributed by atoms with Crippen molar-refractivity contribution in [3.8, 4) is 0 Å². The molecule has 2 unspecified atom stereocenters. The molecule has 21 heavy (non-hydrogen) atoms. The molecule has 1 aromatic rings. The van der Waals surface area contributed by atoms with Gasteiger partial charge in [0.1, 0.15) is 0 Å². The molecule has 1 aromatic carbocycles. The van der Waals surface area contributed by atoms with Crippen LogP contribution < -0.4 is 0 Å². The Morgan fingerprint density at radius 1 is 1.10 bits per heavy atom. The summed E-state index contributed by atoms with van der Waals surface area (Å²) in [5.41, 5.74) is 4.82. The van der Waals surface area contributed by atoms with Crippen LogP contribution in [-0.4, -0.2) is 13.2 Å². The molecular formula is C19H27ClO. The SMILES string of the molecule is CC1(C)CCC(C)(C)c2cc(C(Cl)C3CCOC3)ccc21. The summed E-state index contributed by atoms with van der Waals surface area (Å²) in [7, 11) is 0. The van der Waals surface area contributed by atoms with Crippen molar-refractivity contribution in [3.05, 3.63) is 34.9 Å². The topological polar surface area (TPSA) is 9.23 Å². The van der Waals surface area contributed by atoms with Crippen LogP contribution in [0, 0.1) is 5.92 Å². The molecule has 116 valence electrons. The van der Waals surface area contributed by atoms with Crippen LogP contribution in [0.4, 0.5) is 0 Å². The van der Waals surface area contributed by atoms with Crippen LogP contribution >= 0.6 is 11.6 Å². The predicted octanol–water partition coefficient (Wildman–Crippen LogP) is 5.35. The zero-order chi connectivity index (χ0) is 15.3. The van der Waals surface area contributed by atoms with Crippen molar-refractivity contribution in [2.24, 2.45) is 5.92 Å². The molecule has 0 saturated carbocycles. The zero-order valence-electron chi connectivity index (χ0n) is 13.7. The van der Waals surface area contributed by atoms with Gasteiger partial charge in [-0.1, -0.05) is 45.9 Å². The summed E-state index contributed by atoms with van der Waals surface area (Å²) in [6.07, 6.45) is 3.59. The van der Waals surface area contributed by atoms with Gasteiger partial charge in [0.15, 0.2) is 0 Å².